The molecule has 1 atom stereocenters. The number of hydrogen-bond acceptors (Lipinski definition) is 7. The van der Waals surface area contributed by atoms with E-state index in [9.17, 15) is 9.90 Å². The van der Waals surface area contributed by atoms with Gasteiger partial charge in [-0.1, -0.05) is 19.3 Å². The van der Waals surface area contributed by atoms with Gasteiger partial charge in [-0.3, -0.25) is 14.6 Å². The van der Waals surface area contributed by atoms with Crippen LogP contribution in [-0.4, -0.2) is 84.4 Å². The predicted molar refractivity (Wildman–Crippen MR) is 110 cm³/mol. The number of nitrogens with zero attached hydrogens (tertiary/aromatic N) is 3. The molecule has 1 amide bonds. The highest BCUT2D eigenvalue weighted by Gasteiger charge is 2.22. The summed E-state index contributed by atoms with van der Waals surface area (Å²) in [6.45, 7) is 8.46. The number of aromatic nitrogens is 1. The summed E-state index contributed by atoms with van der Waals surface area (Å²) in [7, 11) is 0. The first-order chi connectivity index (χ1) is 14.1. The van der Waals surface area contributed by atoms with E-state index in [1.165, 1.54) is 38.4 Å². The maximum Gasteiger partial charge on any atom is 0.273 e. The van der Waals surface area contributed by atoms with Crippen LogP contribution in [0.4, 0.5) is 0 Å². The minimum atomic E-state index is -0.442. The van der Waals surface area contributed by atoms with Gasteiger partial charge in [-0.05, 0) is 25.7 Å². The third kappa shape index (κ3) is 7.37. The molecule has 2 N–H and O–H groups in total. The lowest BCUT2D eigenvalue weighted by atomic mass is 9.89. The number of rotatable bonds is 10. The monoisotopic (exact) mass is 408 g/mol. The van der Waals surface area contributed by atoms with Gasteiger partial charge in [0.1, 0.15) is 6.26 Å². The fraction of sp³-hybridized carbons (Fsp3) is 0.810. The SMILES string of the molecule is CCOC[C@H](O)CN1CCN(Cc2nc(C(=O)NCC3CCCCC3)co2)CC1. The maximum absolute atomic E-state index is 12.3. The van der Waals surface area contributed by atoms with E-state index < -0.39 is 6.10 Å². The van der Waals surface area contributed by atoms with Gasteiger partial charge in [0.25, 0.3) is 5.91 Å². The summed E-state index contributed by atoms with van der Waals surface area (Å²) in [5, 5.41) is 13.0. The Kier molecular flexibility index (Phi) is 8.92. The molecular formula is C21H36N4O4. The van der Waals surface area contributed by atoms with E-state index in [1.807, 2.05) is 6.92 Å². The van der Waals surface area contributed by atoms with E-state index in [0.29, 0.717) is 43.8 Å². The van der Waals surface area contributed by atoms with Crippen molar-refractivity contribution in [2.24, 2.45) is 5.92 Å². The fourth-order valence-electron chi connectivity index (χ4n) is 4.13. The van der Waals surface area contributed by atoms with E-state index >= 15 is 0 Å². The van der Waals surface area contributed by atoms with Gasteiger partial charge in [-0.25, -0.2) is 4.98 Å². The van der Waals surface area contributed by atoms with Crippen LogP contribution in [0.25, 0.3) is 0 Å². The quantitative estimate of drug-likeness (QED) is 0.606. The van der Waals surface area contributed by atoms with Gasteiger partial charge in [-0.15, -0.1) is 0 Å². The molecule has 0 bridgehead atoms. The summed E-state index contributed by atoms with van der Waals surface area (Å²) in [5.41, 5.74) is 0.369. The molecule has 164 valence electrons. The molecule has 29 heavy (non-hydrogen) atoms. The lowest BCUT2D eigenvalue weighted by molar-refractivity contribution is 0.00949. The van der Waals surface area contributed by atoms with Gasteiger partial charge in [0.05, 0.1) is 19.3 Å². The van der Waals surface area contributed by atoms with Gasteiger partial charge >= 0.3 is 0 Å². The minimum absolute atomic E-state index is 0.140. The van der Waals surface area contributed by atoms with Crippen molar-refractivity contribution in [2.45, 2.75) is 51.7 Å². The minimum Gasteiger partial charge on any atom is -0.447 e. The molecule has 8 nitrogen and oxygen atoms in total. The number of piperazine rings is 1. The van der Waals surface area contributed by atoms with Crippen molar-refractivity contribution in [3.63, 3.8) is 0 Å². The molecule has 0 radical (unpaired) electrons. The Morgan fingerprint density at radius 3 is 2.72 bits per heavy atom. The average Bonchev–Trinajstić information content (AvgIpc) is 3.21. The normalized spacial score (nSPS) is 20.6. The van der Waals surface area contributed by atoms with Crippen molar-refractivity contribution in [1.82, 2.24) is 20.1 Å². The number of nitrogens with one attached hydrogen (secondary N) is 1. The van der Waals surface area contributed by atoms with Crippen LogP contribution in [-0.2, 0) is 11.3 Å². The van der Waals surface area contributed by atoms with Crippen molar-refractivity contribution >= 4 is 5.91 Å². The Morgan fingerprint density at radius 2 is 2.00 bits per heavy atom. The molecule has 0 unspecified atom stereocenters. The van der Waals surface area contributed by atoms with Gasteiger partial charge in [0.15, 0.2) is 5.69 Å². The predicted octanol–water partition coefficient (Wildman–Crippen LogP) is 1.50. The molecule has 2 fully saturated rings. The first-order valence-corrected chi connectivity index (χ1v) is 11.1. The number of amides is 1. The van der Waals surface area contributed by atoms with Crippen LogP contribution in [0.1, 0.15) is 55.4 Å². The van der Waals surface area contributed by atoms with Crippen LogP contribution in [0.3, 0.4) is 0 Å². The molecule has 1 aromatic heterocycles. The largest absolute Gasteiger partial charge is 0.447 e. The first kappa shape index (κ1) is 22.2. The number of ether oxygens (including phenoxy) is 1. The van der Waals surface area contributed by atoms with Crippen molar-refractivity contribution in [3.05, 3.63) is 17.8 Å². The zero-order valence-electron chi connectivity index (χ0n) is 17.6. The fourth-order valence-corrected chi connectivity index (χ4v) is 4.13. The Hall–Kier alpha value is -1.48. The number of aliphatic hydroxyl groups is 1. The van der Waals surface area contributed by atoms with E-state index in [2.05, 4.69) is 20.1 Å². The second-order valence-electron chi connectivity index (χ2n) is 8.23. The molecule has 3 rings (SSSR count). The molecule has 1 aliphatic heterocycles. The van der Waals surface area contributed by atoms with Crippen molar-refractivity contribution in [2.75, 3.05) is 52.5 Å². The maximum atomic E-state index is 12.3. The lowest BCUT2D eigenvalue weighted by Gasteiger charge is -2.34. The number of β-amino-alcohol motifs (C(OH)–C–C–N with tert-alkyl or cyclic N) is 1. The highest BCUT2D eigenvalue weighted by atomic mass is 16.5. The third-order valence-corrected chi connectivity index (χ3v) is 5.87. The number of oxazole rings is 1. The van der Waals surface area contributed by atoms with Gasteiger partial charge in [-0.2, -0.15) is 0 Å². The number of aliphatic hydroxyl groups excluding tert-OH is 1. The summed E-state index contributed by atoms with van der Waals surface area (Å²) in [6.07, 6.45) is 7.30. The van der Waals surface area contributed by atoms with Crippen LogP contribution in [0.15, 0.2) is 10.7 Å². The highest BCUT2D eigenvalue weighted by Crippen LogP contribution is 2.22. The summed E-state index contributed by atoms with van der Waals surface area (Å²) < 4.78 is 10.8. The van der Waals surface area contributed by atoms with Gasteiger partial charge in [0, 0.05) is 45.9 Å². The van der Waals surface area contributed by atoms with Gasteiger partial charge in [0.2, 0.25) is 5.89 Å². The van der Waals surface area contributed by atoms with Crippen molar-refractivity contribution in [1.29, 1.82) is 0 Å². The number of hydrogen-bond donors (Lipinski definition) is 2. The average molecular weight is 409 g/mol. The molecule has 0 spiro atoms. The summed E-state index contributed by atoms with van der Waals surface area (Å²) in [4.78, 5) is 21.2. The third-order valence-electron chi connectivity index (χ3n) is 5.87. The molecule has 8 heteroatoms. The Labute approximate surface area is 173 Å². The van der Waals surface area contributed by atoms with Crippen LogP contribution in [0.2, 0.25) is 0 Å². The topological polar surface area (TPSA) is 91.1 Å². The summed E-state index contributed by atoms with van der Waals surface area (Å²) in [6, 6.07) is 0. The molecule has 2 heterocycles. The van der Waals surface area contributed by atoms with Gasteiger partial charge < -0.3 is 19.6 Å². The second kappa shape index (κ2) is 11.6. The highest BCUT2D eigenvalue weighted by molar-refractivity contribution is 5.91. The van der Waals surface area contributed by atoms with E-state index in [4.69, 9.17) is 9.15 Å². The van der Waals surface area contributed by atoms with Crippen LogP contribution >= 0.6 is 0 Å². The van der Waals surface area contributed by atoms with Crippen LogP contribution < -0.4 is 5.32 Å². The molecule has 1 aromatic rings. The van der Waals surface area contributed by atoms with E-state index in [-0.39, 0.29) is 5.91 Å². The Morgan fingerprint density at radius 1 is 1.28 bits per heavy atom. The van der Waals surface area contributed by atoms with Crippen LogP contribution in [0, 0.1) is 5.92 Å². The van der Waals surface area contributed by atoms with E-state index in [0.717, 1.165) is 32.7 Å². The molecule has 0 aromatic carbocycles. The summed E-state index contributed by atoms with van der Waals surface area (Å²) in [5.74, 6) is 1.04. The molecule has 1 saturated heterocycles. The molecule has 1 saturated carbocycles. The lowest BCUT2D eigenvalue weighted by Crippen LogP contribution is -2.48. The first-order valence-electron chi connectivity index (χ1n) is 11.1. The standard InChI is InChI=1S/C21H36N4O4/c1-2-28-15-18(26)13-24-8-10-25(11-9-24)14-20-23-19(16-29-20)21(27)22-12-17-6-4-3-5-7-17/h16-18,26H,2-15H2,1H3,(H,22,27)/t18-/m1/s1. The molecule has 1 aliphatic carbocycles. The zero-order valence-corrected chi connectivity index (χ0v) is 17.6. The molecule has 2 aliphatic rings. The second-order valence-corrected chi connectivity index (χ2v) is 8.23. The van der Waals surface area contributed by atoms with Crippen LogP contribution in [0.5, 0.6) is 0 Å². The Bertz CT molecular complexity index is 610. The number of carbonyl (C=O) groups is 1. The molecular weight excluding hydrogens is 372 g/mol. The van der Waals surface area contributed by atoms with Crippen molar-refractivity contribution < 1.29 is 19.1 Å². The van der Waals surface area contributed by atoms with Crippen molar-refractivity contribution in [3.8, 4) is 0 Å². The zero-order chi connectivity index (χ0) is 20.5. The number of carbonyl (C=O) groups excluding carboxylic acids is 1. The smallest absolute Gasteiger partial charge is 0.273 e. The van der Waals surface area contributed by atoms with E-state index in [1.54, 1.807) is 0 Å². The Balaban J connectivity index is 1.36. The summed E-state index contributed by atoms with van der Waals surface area (Å²) >= 11 is 0.